The number of hydrogen-bond acceptors (Lipinski definition) is 5. The highest BCUT2D eigenvalue weighted by Crippen LogP contribution is 2.10. The average molecular weight is 322 g/mol. The Morgan fingerprint density at radius 2 is 1.96 bits per heavy atom. The highest BCUT2D eigenvalue weighted by molar-refractivity contribution is 5.84. The third-order valence-electron chi connectivity index (χ3n) is 3.89. The second-order valence-corrected chi connectivity index (χ2v) is 6.30. The maximum Gasteiger partial charge on any atom is 0.244 e. The summed E-state index contributed by atoms with van der Waals surface area (Å²) in [4.78, 5) is 31.9. The van der Waals surface area contributed by atoms with Crippen LogP contribution in [0.3, 0.4) is 0 Å². The van der Waals surface area contributed by atoms with Crippen LogP contribution in [0.4, 0.5) is 5.95 Å². The summed E-state index contributed by atoms with van der Waals surface area (Å²) < 4.78 is 0. The number of amides is 2. The summed E-state index contributed by atoms with van der Waals surface area (Å²) >= 11 is 0. The minimum absolute atomic E-state index is 0.0336. The number of aromatic amines is 1. The van der Waals surface area contributed by atoms with Crippen molar-refractivity contribution in [3.05, 3.63) is 5.82 Å². The zero-order valence-electron chi connectivity index (χ0n) is 14.1. The van der Waals surface area contributed by atoms with Gasteiger partial charge in [-0.25, -0.2) is 0 Å². The van der Waals surface area contributed by atoms with Gasteiger partial charge in [0.05, 0.1) is 6.54 Å². The van der Waals surface area contributed by atoms with Gasteiger partial charge in [-0.3, -0.25) is 14.7 Å². The molecule has 1 fully saturated rings. The molecule has 0 bridgehead atoms. The Hall–Kier alpha value is -2.12. The van der Waals surface area contributed by atoms with E-state index < -0.39 is 0 Å². The molecule has 0 atom stereocenters. The van der Waals surface area contributed by atoms with E-state index in [1.165, 1.54) is 0 Å². The number of rotatable bonds is 6. The van der Waals surface area contributed by atoms with Gasteiger partial charge in [0.1, 0.15) is 5.82 Å². The van der Waals surface area contributed by atoms with Gasteiger partial charge in [0.2, 0.25) is 17.8 Å². The first-order valence-electron chi connectivity index (χ1n) is 8.14. The molecule has 0 saturated carbocycles. The molecule has 2 N–H and O–H groups in total. The summed E-state index contributed by atoms with van der Waals surface area (Å²) in [6, 6.07) is 0. The number of nitrogens with zero attached hydrogens (tertiary/aromatic N) is 4. The van der Waals surface area contributed by atoms with Crippen LogP contribution in [0.2, 0.25) is 0 Å². The molecular weight excluding hydrogens is 296 g/mol. The van der Waals surface area contributed by atoms with Gasteiger partial charge in [-0.2, -0.15) is 4.98 Å². The number of anilines is 1. The summed E-state index contributed by atoms with van der Waals surface area (Å²) in [6.45, 7) is 8.73. The molecule has 2 amide bonds. The molecule has 1 saturated heterocycles. The van der Waals surface area contributed by atoms with Crippen LogP contribution in [0.25, 0.3) is 0 Å². The van der Waals surface area contributed by atoms with Crippen LogP contribution in [0, 0.1) is 12.8 Å². The molecule has 1 aliphatic heterocycles. The molecule has 2 rings (SSSR count). The Labute approximate surface area is 136 Å². The zero-order valence-corrected chi connectivity index (χ0v) is 14.1. The van der Waals surface area contributed by atoms with Gasteiger partial charge < -0.3 is 15.1 Å². The fourth-order valence-electron chi connectivity index (χ4n) is 2.42. The largest absolute Gasteiger partial charge is 0.347 e. The van der Waals surface area contributed by atoms with Crippen LogP contribution in [-0.2, 0) is 9.59 Å². The predicted molar refractivity (Wildman–Crippen MR) is 87.0 cm³/mol. The van der Waals surface area contributed by atoms with Gasteiger partial charge in [-0.1, -0.05) is 13.8 Å². The molecule has 2 heterocycles. The molecule has 128 valence electrons. The molecular formula is C15H26N6O2. The third-order valence-corrected chi connectivity index (χ3v) is 3.89. The molecule has 23 heavy (non-hydrogen) atoms. The predicted octanol–water partition coefficient (Wildman–Crippen LogP) is 0.314. The van der Waals surface area contributed by atoms with E-state index >= 15 is 0 Å². The Kier molecular flexibility index (Phi) is 5.95. The van der Waals surface area contributed by atoms with Crippen LogP contribution < -0.4 is 10.2 Å². The maximum absolute atomic E-state index is 12.1. The van der Waals surface area contributed by atoms with Crippen LogP contribution in [0.1, 0.15) is 32.5 Å². The first kappa shape index (κ1) is 17.2. The first-order valence-corrected chi connectivity index (χ1v) is 8.14. The standard InChI is InChI=1S/C15H26N6O2/c1-11(2)4-5-13(22)16-10-14(23)20-6-8-21(9-7-20)15-17-12(3)18-19-15/h11H,4-10H2,1-3H3,(H,16,22)(H,17,18,19). The highest BCUT2D eigenvalue weighted by Gasteiger charge is 2.23. The Morgan fingerprint density at radius 1 is 1.26 bits per heavy atom. The van der Waals surface area contributed by atoms with Gasteiger partial charge in [0.25, 0.3) is 0 Å². The number of H-pyrrole nitrogens is 1. The smallest absolute Gasteiger partial charge is 0.244 e. The normalized spacial score (nSPS) is 15.1. The molecule has 8 nitrogen and oxygen atoms in total. The van der Waals surface area contributed by atoms with Crippen molar-refractivity contribution < 1.29 is 9.59 Å². The number of aromatic nitrogens is 3. The lowest BCUT2D eigenvalue weighted by Gasteiger charge is -2.34. The van der Waals surface area contributed by atoms with Crippen LogP contribution in [-0.4, -0.2) is 64.6 Å². The average Bonchev–Trinajstić information content (AvgIpc) is 2.97. The summed E-state index contributed by atoms with van der Waals surface area (Å²) in [7, 11) is 0. The van der Waals surface area contributed by atoms with Crippen LogP contribution in [0.5, 0.6) is 0 Å². The summed E-state index contributed by atoms with van der Waals surface area (Å²) in [6.07, 6.45) is 1.32. The topological polar surface area (TPSA) is 94.2 Å². The van der Waals surface area contributed by atoms with Crippen molar-refractivity contribution in [2.75, 3.05) is 37.6 Å². The number of carbonyl (C=O) groups is 2. The van der Waals surface area contributed by atoms with Crippen molar-refractivity contribution >= 4 is 17.8 Å². The SMILES string of the molecule is Cc1nc(N2CCN(C(=O)CNC(=O)CCC(C)C)CC2)n[nH]1. The van der Waals surface area contributed by atoms with E-state index in [2.05, 4.69) is 39.2 Å². The van der Waals surface area contributed by atoms with Gasteiger partial charge in [0.15, 0.2) is 0 Å². The van der Waals surface area contributed by atoms with Crippen LogP contribution in [0.15, 0.2) is 0 Å². The fraction of sp³-hybridized carbons (Fsp3) is 0.733. The number of aryl methyl sites for hydroxylation is 1. The Bertz CT molecular complexity index is 534. The van der Waals surface area contributed by atoms with E-state index in [0.29, 0.717) is 44.5 Å². The van der Waals surface area contributed by atoms with Gasteiger partial charge >= 0.3 is 0 Å². The van der Waals surface area contributed by atoms with Crippen molar-refractivity contribution in [3.8, 4) is 0 Å². The van der Waals surface area contributed by atoms with Crippen molar-refractivity contribution in [3.63, 3.8) is 0 Å². The Morgan fingerprint density at radius 3 is 2.52 bits per heavy atom. The van der Waals surface area contributed by atoms with E-state index in [-0.39, 0.29) is 18.4 Å². The van der Waals surface area contributed by atoms with Gasteiger partial charge in [-0.05, 0) is 19.3 Å². The highest BCUT2D eigenvalue weighted by atomic mass is 16.2. The summed E-state index contributed by atoms with van der Waals surface area (Å²) in [5.41, 5.74) is 0. The first-order chi connectivity index (χ1) is 11.0. The molecule has 0 unspecified atom stereocenters. The lowest BCUT2D eigenvalue weighted by molar-refractivity contribution is -0.133. The summed E-state index contributed by atoms with van der Waals surface area (Å²) in [5.74, 6) is 1.86. The zero-order chi connectivity index (χ0) is 16.8. The van der Waals surface area contributed by atoms with E-state index in [1.807, 2.05) is 6.92 Å². The minimum Gasteiger partial charge on any atom is -0.347 e. The molecule has 0 radical (unpaired) electrons. The van der Waals surface area contributed by atoms with E-state index in [4.69, 9.17) is 0 Å². The molecule has 0 aromatic carbocycles. The second kappa shape index (κ2) is 7.94. The van der Waals surface area contributed by atoms with Crippen molar-refractivity contribution in [1.82, 2.24) is 25.4 Å². The van der Waals surface area contributed by atoms with E-state index in [9.17, 15) is 9.59 Å². The minimum atomic E-state index is -0.0538. The van der Waals surface area contributed by atoms with Crippen molar-refractivity contribution in [2.24, 2.45) is 5.92 Å². The Balaban J connectivity index is 1.70. The monoisotopic (exact) mass is 322 g/mol. The number of nitrogens with one attached hydrogen (secondary N) is 2. The van der Waals surface area contributed by atoms with E-state index in [1.54, 1.807) is 4.90 Å². The third kappa shape index (κ3) is 5.22. The molecule has 1 aromatic rings. The van der Waals surface area contributed by atoms with Gasteiger partial charge in [0, 0.05) is 32.6 Å². The molecule has 1 aliphatic rings. The quantitative estimate of drug-likeness (QED) is 0.786. The lowest BCUT2D eigenvalue weighted by Crippen LogP contribution is -2.51. The molecule has 0 spiro atoms. The molecule has 1 aromatic heterocycles. The lowest BCUT2D eigenvalue weighted by atomic mass is 10.1. The molecule has 0 aliphatic carbocycles. The fourth-order valence-corrected chi connectivity index (χ4v) is 2.42. The number of piperazine rings is 1. The number of carbonyl (C=O) groups excluding carboxylic acids is 2. The van der Waals surface area contributed by atoms with Gasteiger partial charge in [-0.15, -0.1) is 5.10 Å². The molecule has 8 heteroatoms. The van der Waals surface area contributed by atoms with Crippen molar-refractivity contribution in [1.29, 1.82) is 0 Å². The number of hydrogen-bond donors (Lipinski definition) is 2. The van der Waals surface area contributed by atoms with Crippen molar-refractivity contribution in [2.45, 2.75) is 33.6 Å². The van der Waals surface area contributed by atoms with E-state index in [0.717, 1.165) is 12.2 Å². The maximum atomic E-state index is 12.1. The second-order valence-electron chi connectivity index (χ2n) is 6.30. The summed E-state index contributed by atoms with van der Waals surface area (Å²) in [5, 5.41) is 9.66. The van der Waals surface area contributed by atoms with Crippen LogP contribution >= 0.6 is 0 Å².